The highest BCUT2D eigenvalue weighted by atomic mass is 16.2. The molecule has 0 radical (unpaired) electrons. The molecule has 2 heterocycles. The zero-order valence-electron chi connectivity index (χ0n) is 16.1. The molecule has 27 heavy (non-hydrogen) atoms. The van der Waals surface area contributed by atoms with Gasteiger partial charge in [0.15, 0.2) is 0 Å². The van der Waals surface area contributed by atoms with Gasteiger partial charge < -0.3 is 14.4 Å². The number of amides is 1. The first kappa shape index (κ1) is 19.1. The predicted molar refractivity (Wildman–Crippen MR) is 104 cm³/mol. The van der Waals surface area contributed by atoms with Crippen molar-refractivity contribution in [3.8, 4) is 6.07 Å². The lowest BCUT2D eigenvalue weighted by molar-refractivity contribution is 0.0703. The lowest BCUT2D eigenvalue weighted by Crippen LogP contribution is -2.39. The Kier molecular flexibility index (Phi) is 6.25. The molecule has 0 saturated carbocycles. The Hall–Kier alpha value is -2.65. The molecule has 142 valence electrons. The van der Waals surface area contributed by atoms with Crippen molar-refractivity contribution in [2.45, 2.75) is 31.7 Å². The number of nitrogens with zero attached hydrogens (tertiary/aromatic N) is 5. The van der Waals surface area contributed by atoms with Crippen molar-refractivity contribution in [3.05, 3.63) is 53.6 Å². The fourth-order valence-electron chi connectivity index (χ4n) is 3.70. The highest BCUT2D eigenvalue weighted by Crippen LogP contribution is 2.27. The van der Waals surface area contributed by atoms with Crippen molar-refractivity contribution in [3.63, 3.8) is 0 Å². The summed E-state index contributed by atoms with van der Waals surface area (Å²) in [5.41, 5.74) is 1.11. The van der Waals surface area contributed by atoms with Crippen LogP contribution < -0.4 is 0 Å². The van der Waals surface area contributed by atoms with Gasteiger partial charge in [-0.05, 0) is 58.1 Å². The van der Waals surface area contributed by atoms with E-state index in [0.717, 1.165) is 44.7 Å². The highest BCUT2D eigenvalue weighted by Gasteiger charge is 2.28. The third-order valence-corrected chi connectivity index (χ3v) is 5.06. The number of hydrogen-bond donors (Lipinski definition) is 0. The Morgan fingerprint density at radius 2 is 2.26 bits per heavy atom. The summed E-state index contributed by atoms with van der Waals surface area (Å²) in [7, 11) is 4.17. The summed E-state index contributed by atoms with van der Waals surface area (Å²) in [4.78, 5) is 21.6. The fourth-order valence-corrected chi connectivity index (χ4v) is 3.70. The minimum atomic E-state index is 0.00233. The average molecular weight is 365 g/mol. The number of likely N-dealkylation sites (tertiary alicyclic amines) is 1. The molecule has 1 aliphatic heterocycles. The molecule has 6 nitrogen and oxygen atoms in total. The summed E-state index contributed by atoms with van der Waals surface area (Å²) < 4.78 is 2.23. The molecule has 6 heteroatoms. The summed E-state index contributed by atoms with van der Waals surface area (Å²) >= 11 is 0. The van der Waals surface area contributed by atoms with E-state index in [1.54, 1.807) is 24.3 Å². The number of carbonyl (C=O) groups excluding carboxylic acids is 1. The van der Waals surface area contributed by atoms with Crippen LogP contribution in [0.4, 0.5) is 0 Å². The van der Waals surface area contributed by atoms with E-state index in [0.29, 0.717) is 17.7 Å². The van der Waals surface area contributed by atoms with Crippen molar-refractivity contribution in [2.24, 2.45) is 0 Å². The minimum Gasteiger partial charge on any atom is -0.338 e. The lowest BCUT2D eigenvalue weighted by Gasteiger charge is -2.33. The van der Waals surface area contributed by atoms with Crippen LogP contribution in [0, 0.1) is 11.3 Å². The van der Waals surface area contributed by atoms with Gasteiger partial charge >= 0.3 is 0 Å². The van der Waals surface area contributed by atoms with Gasteiger partial charge in [-0.2, -0.15) is 5.26 Å². The summed E-state index contributed by atoms with van der Waals surface area (Å²) in [6.07, 6.45) is 7.00. The number of imidazole rings is 1. The molecule has 0 bridgehead atoms. The number of aromatic nitrogens is 2. The third kappa shape index (κ3) is 4.75. The second kappa shape index (κ2) is 8.83. The van der Waals surface area contributed by atoms with Crippen LogP contribution >= 0.6 is 0 Å². The molecular formula is C21H27N5O. The first-order valence-electron chi connectivity index (χ1n) is 9.53. The van der Waals surface area contributed by atoms with Gasteiger partial charge in [0.2, 0.25) is 0 Å². The van der Waals surface area contributed by atoms with Crippen molar-refractivity contribution in [1.29, 1.82) is 5.26 Å². The van der Waals surface area contributed by atoms with Gasteiger partial charge in [-0.1, -0.05) is 6.07 Å². The van der Waals surface area contributed by atoms with E-state index in [1.165, 1.54) is 0 Å². The second-order valence-electron chi connectivity index (χ2n) is 7.42. The zero-order chi connectivity index (χ0) is 19.2. The standard InChI is InChI=1S/C21H27N5O/c1-24(2)10-5-12-25-13-9-23-20(25)19-8-4-11-26(16-19)21(27)18-7-3-6-17(14-18)15-22/h3,6-7,9,13-14,19H,4-5,8,10-12,16H2,1-2H3/t19-/m0/s1. The third-order valence-electron chi connectivity index (χ3n) is 5.06. The maximum Gasteiger partial charge on any atom is 0.253 e. The van der Waals surface area contributed by atoms with E-state index in [-0.39, 0.29) is 11.8 Å². The number of hydrogen-bond acceptors (Lipinski definition) is 4. The molecule has 1 saturated heterocycles. The number of benzene rings is 1. The second-order valence-corrected chi connectivity index (χ2v) is 7.42. The molecule has 0 spiro atoms. The van der Waals surface area contributed by atoms with Crippen LogP contribution in [0.2, 0.25) is 0 Å². The van der Waals surface area contributed by atoms with E-state index in [9.17, 15) is 4.79 Å². The molecular weight excluding hydrogens is 338 g/mol. The molecule has 2 aromatic rings. The van der Waals surface area contributed by atoms with Gasteiger partial charge in [0.25, 0.3) is 5.91 Å². The van der Waals surface area contributed by atoms with Crippen LogP contribution in [0.5, 0.6) is 0 Å². The van der Waals surface area contributed by atoms with Gasteiger partial charge in [0.1, 0.15) is 5.82 Å². The summed E-state index contributed by atoms with van der Waals surface area (Å²) in [6.45, 7) is 3.43. The van der Waals surface area contributed by atoms with Gasteiger partial charge in [0, 0.05) is 43.5 Å². The largest absolute Gasteiger partial charge is 0.338 e. The first-order valence-corrected chi connectivity index (χ1v) is 9.53. The van der Waals surface area contributed by atoms with Crippen LogP contribution in [0.25, 0.3) is 0 Å². The normalized spacial score (nSPS) is 17.1. The fraction of sp³-hybridized carbons (Fsp3) is 0.476. The Morgan fingerprint density at radius 1 is 1.41 bits per heavy atom. The van der Waals surface area contributed by atoms with Crippen LogP contribution in [0.3, 0.4) is 0 Å². The minimum absolute atomic E-state index is 0.00233. The van der Waals surface area contributed by atoms with E-state index in [4.69, 9.17) is 5.26 Å². The molecule has 1 amide bonds. The Labute approximate surface area is 161 Å². The predicted octanol–water partition coefficient (Wildman–Crippen LogP) is 2.73. The number of rotatable bonds is 6. The molecule has 3 rings (SSSR count). The first-order chi connectivity index (χ1) is 13.1. The van der Waals surface area contributed by atoms with Gasteiger partial charge in [-0.25, -0.2) is 4.98 Å². The van der Waals surface area contributed by atoms with Crippen molar-refractivity contribution in [2.75, 3.05) is 33.7 Å². The van der Waals surface area contributed by atoms with Gasteiger partial charge in [-0.3, -0.25) is 4.79 Å². The Morgan fingerprint density at radius 3 is 3.04 bits per heavy atom. The number of aryl methyl sites for hydroxylation is 1. The van der Waals surface area contributed by atoms with Crippen molar-refractivity contribution in [1.82, 2.24) is 19.4 Å². The number of piperidine rings is 1. The summed E-state index contributed by atoms with van der Waals surface area (Å²) in [5.74, 6) is 1.34. The number of carbonyl (C=O) groups is 1. The summed E-state index contributed by atoms with van der Waals surface area (Å²) in [6, 6.07) is 9.06. The number of nitriles is 1. The van der Waals surface area contributed by atoms with Crippen molar-refractivity contribution < 1.29 is 4.79 Å². The SMILES string of the molecule is CN(C)CCCn1ccnc1[C@H]1CCCN(C(=O)c2cccc(C#N)c2)C1. The van der Waals surface area contributed by atoms with E-state index in [1.807, 2.05) is 17.3 Å². The van der Waals surface area contributed by atoms with Gasteiger partial charge in [0.05, 0.1) is 11.6 Å². The van der Waals surface area contributed by atoms with Crippen LogP contribution in [0.1, 0.15) is 46.9 Å². The monoisotopic (exact) mass is 365 g/mol. The molecule has 1 aromatic carbocycles. The highest BCUT2D eigenvalue weighted by molar-refractivity contribution is 5.94. The topological polar surface area (TPSA) is 65.2 Å². The quantitative estimate of drug-likeness (QED) is 0.789. The zero-order valence-corrected chi connectivity index (χ0v) is 16.1. The molecule has 0 aliphatic carbocycles. The van der Waals surface area contributed by atoms with Crippen LogP contribution in [-0.2, 0) is 6.54 Å². The molecule has 0 unspecified atom stereocenters. The van der Waals surface area contributed by atoms with Crippen LogP contribution in [-0.4, -0.2) is 59.0 Å². The lowest BCUT2D eigenvalue weighted by atomic mass is 9.96. The van der Waals surface area contributed by atoms with Crippen LogP contribution in [0.15, 0.2) is 36.7 Å². The Balaban J connectivity index is 1.68. The maximum atomic E-state index is 12.9. The molecule has 1 aromatic heterocycles. The molecule has 1 aliphatic rings. The summed E-state index contributed by atoms with van der Waals surface area (Å²) in [5, 5.41) is 9.07. The van der Waals surface area contributed by atoms with E-state index >= 15 is 0 Å². The smallest absolute Gasteiger partial charge is 0.253 e. The van der Waals surface area contributed by atoms with E-state index < -0.39 is 0 Å². The van der Waals surface area contributed by atoms with E-state index in [2.05, 4.69) is 34.6 Å². The van der Waals surface area contributed by atoms with Gasteiger partial charge in [-0.15, -0.1) is 0 Å². The average Bonchev–Trinajstić information content (AvgIpc) is 3.16. The molecule has 1 atom stereocenters. The van der Waals surface area contributed by atoms with Crippen molar-refractivity contribution >= 4 is 5.91 Å². The maximum absolute atomic E-state index is 12.9. The molecule has 0 N–H and O–H groups in total. The Bertz CT molecular complexity index is 820. The molecule has 1 fully saturated rings.